The van der Waals surface area contributed by atoms with Gasteiger partial charge in [-0.25, -0.2) is 4.98 Å². The van der Waals surface area contributed by atoms with Crippen molar-refractivity contribution >= 4 is 5.91 Å². The molecule has 0 radical (unpaired) electrons. The van der Waals surface area contributed by atoms with Crippen molar-refractivity contribution in [3.8, 4) is 5.88 Å². The van der Waals surface area contributed by atoms with E-state index in [2.05, 4.69) is 28.7 Å². The van der Waals surface area contributed by atoms with E-state index in [1.54, 1.807) is 19.4 Å². The Morgan fingerprint density at radius 1 is 1.28 bits per heavy atom. The molecule has 2 heterocycles. The summed E-state index contributed by atoms with van der Waals surface area (Å²) in [5.74, 6) is 0.553. The maximum absolute atomic E-state index is 12.6. The smallest absolute Gasteiger partial charge is 0.253 e. The van der Waals surface area contributed by atoms with Crippen molar-refractivity contribution in [2.24, 2.45) is 0 Å². The van der Waals surface area contributed by atoms with E-state index in [9.17, 15) is 4.79 Å². The Morgan fingerprint density at radius 2 is 2.04 bits per heavy atom. The molecule has 5 heteroatoms. The van der Waals surface area contributed by atoms with Crippen LogP contribution in [0.3, 0.4) is 0 Å². The Balaban J connectivity index is 1.69. The Kier molecular flexibility index (Phi) is 5.41. The SMILES string of the molecule is COc1ccc(CNC(=O)c2cc(C)n(C3CCCCC3)c2C)cn1. The highest BCUT2D eigenvalue weighted by Crippen LogP contribution is 2.32. The van der Waals surface area contributed by atoms with E-state index in [4.69, 9.17) is 4.74 Å². The monoisotopic (exact) mass is 341 g/mol. The predicted molar refractivity (Wildman–Crippen MR) is 98.0 cm³/mol. The molecule has 1 saturated carbocycles. The third kappa shape index (κ3) is 3.86. The molecule has 2 aromatic heterocycles. The summed E-state index contributed by atoms with van der Waals surface area (Å²) >= 11 is 0. The summed E-state index contributed by atoms with van der Waals surface area (Å²) in [6, 6.07) is 6.28. The molecule has 1 aliphatic rings. The van der Waals surface area contributed by atoms with Gasteiger partial charge in [-0.3, -0.25) is 4.79 Å². The van der Waals surface area contributed by atoms with Gasteiger partial charge in [0.25, 0.3) is 5.91 Å². The third-order valence-electron chi connectivity index (χ3n) is 5.13. The van der Waals surface area contributed by atoms with Gasteiger partial charge in [-0.1, -0.05) is 25.3 Å². The van der Waals surface area contributed by atoms with Gasteiger partial charge in [-0.2, -0.15) is 0 Å². The molecule has 2 aromatic rings. The lowest BCUT2D eigenvalue weighted by molar-refractivity contribution is 0.0950. The number of carbonyl (C=O) groups excluding carboxylic acids is 1. The number of pyridine rings is 1. The first kappa shape index (κ1) is 17.5. The van der Waals surface area contributed by atoms with Crippen LogP contribution in [0, 0.1) is 13.8 Å². The molecule has 25 heavy (non-hydrogen) atoms. The van der Waals surface area contributed by atoms with Gasteiger partial charge >= 0.3 is 0 Å². The number of aryl methyl sites for hydroxylation is 1. The van der Waals surface area contributed by atoms with Crippen LogP contribution in [0.5, 0.6) is 5.88 Å². The molecule has 0 saturated heterocycles. The summed E-state index contributed by atoms with van der Waals surface area (Å²) in [5.41, 5.74) is 4.00. The molecule has 3 rings (SSSR count). The minimum atomic E-state index is -0.0222. The largest absolute Gasteiger partial charge is 0.481 e. The highest BCUT2D eigenvalue weighted by molar-refractivity contribution is 5.95. The number of carbonyl (C=O) groups is 1. The Hall–Kier alpha value is -2.30. The summed E-state index contributed by atoms with van der Waals surface area (Å²) < 4.78 is 7.42. The lowest BCUT2D eigenvalue weighted by atomic mass is 9.95. The van der Waals surface area contributed by atoms with E-state index >= 15 is 0 Å². The van der Waals surface area contributed by atoms with Crippen LogP contribution in [0.25, 0.3) is 0 Å². The molecule has 0 spiro atoms. The quantitative estimate of drug-likeness (QED) is 0.896. The number of hydrogen-bond acceptors (Lipinski definition) is 3. The second kappa shape index (κ2) is 7.72. The molecule has 5 nitrogen and oxygen atoms in total. The second-order valence-corrected chi connectivity index (χ2v) is 6.84. The fourth-order valence-electron chi connectivity index (χ4n) is 3.82. The van der Waals surface area contributed by atoms with E-state index in [0.29, 0.717) is 18.5 Å². The fourth-order valence-corrected chi connectivity index (χ4v) is 3.82. The summed E-state index contributed by atoms with van der Waals surface area (Å²) in [6.07, 6.45) is 8.06. The zero-order valence-electron chi connectivity index (χ0n) is 15.3. The Bertz CT molecular complexity index is 728. The minimum absolute atomic E-state index is 0.0222. The van der Waals surface area contributed by atoms with Gasteiger partial charge in [-0.05, 0) is 38.3 Å². The minimum Gasteiger partial charge on any atom is -0.481 e. The van der Waals surface area contributed by atoms with Gasteiger partial charge in [0.05, 0.1) is 12.7 Å². The van der Waals surface area contributed by atoms with E-state index in [1.165, 1.54) is 37.8 Å². The number of hydrogen-bond donors (Lipinski definition) is 1. The molecule has 1 fully saturated rings. The van der Waals surface area contributed by atoms with Gasteiger partial charge in [0.15, 0.2) is 0 Å². The fraction of sp³-hybridized carbons (Fsp3) is 0.500. The molecular weight excluding hydrogens is 314 g/mol. The first-order chi connectivity index (χ1) is 12.1. The van der Waals surface area contributed by atoms with E-state index in [-0.39, 0.29) is 5.91 Å². The van der Waals surface area contributed by atoms with Gasteiger partial charge in [0.2, 0.25) is 5.88 Å². The van der Waals surface area contributed by atoms with Gasteiger partial charge in [0.1, 0.15) is 0 Å². The molecule has 0 unspecified atom stereocenters. The zero-order chi connectivity index (χ0) is 17.8. The topological polar surface area (TPSA) is 56.1 Å². The Labute approximate surface area is 149 Å². The number of amides is 1. The number of rotatable bonds is 5. The lowest BCUT2D eigenvalue weighted by Gasteiger charge is -2.26. The van der Waals surface area contributed by atoms with E-state index in [1.807, 2.05) is 12.1 Å². The van der Waals surface area contributed by atoms with Crippen LogP contribution in [-0.2, 0) is 6.54 Å². The average Bonchev–Trinajstić information content (AvgIpc) is 2.95. The van der Waals surface area contributed by atoms with Crippen LogP contribution < -0.4 is 10.1 Å². The van der Waals surface area contributed by atoms with Crippen LogP contribution >= 0.6 is 0 Å². The van der Waals surface area contributed by atoms with Gasteiger partial charge in [0, 0.05) is 36.2 Å². The summed E-state index contributed by atoms with van der Waals surface area (Å²) in [5, 5.41) is 3.00. The van der Waals surface area contributed by atoms with Crippen LogP contribution in [0.1, 0.15) is 65.5 Å². The number of ether oxygens (including phenoxy) is 1. The molecule has 1 N–H and O–H groups in total. The first-order valence-corrected chi connectivity index (χ1v) is 9.05. The summed E-state index contributed by atoms with van der Waals surface area (Å²) in [6.45, 7) is 4.63. The summed E-state index contributed by atoms with van der Waals surface area (Å²) in [4.78, 5) is 16.8. The van der Waals surface area contributed by atoms with Crippen molar-refractivity contribution in [2.45, 2.75) is 58.5 Å². The van der Waals surface area contributed by atoms with Crippen LogP contribution in [-0.4, -0.2) is 22.6 Å². The number of aromatic nitrogens is 2. The maximum atomic E-state index is 12.6. The number of nitrogens with one attached hydrogen (secondary N) is 1. The van der Waals surface area contributed by atoms with Crippen molar-refractivity contribution in [1.29, 1.82) is 0 Å². The van der Waals surface area contributed by atoms with Gasteiger partial charge in [-0.15, -0.1) is 0 Å². The summed E-state index contributed by atoms with van der Waals surface area (Å²) in [7, 11) is 1.59. The Morgan fingerprint density at radius 3 is 2.68 bits per heavy atom. The van der Waals surface area contributed by atoms with Crippen LogP contribution in [0.2, 0.25) is 0 Å². The molecule has 0 bridgehead atoms. The molecule has 0 aliphatic heterocycles. The molecule has 0 atom stereocenters. The average molecular weight is 341 g/mol. The molecule has 1 amide bonds. The number of methoxy groups -OCH3 is 1. The third-order valence-corrected chi connectivity index (χ3v) is 5.13. The molecule has 0 aromatic carbocycles. The first-order valence-electron chi connectivity index (χ1n) is 9.05. The van der Waals surface area contributed by atoms with E-state index in [0.717, 1.165) is 16.8 Å². The number of nitrogens with zero attached hydrogens (tertiary/aromatic N) is 2. The van der Waals surface area contributed by atoms with Crippen molar-refractivity contribution in [3.05, 3.63) is 46.9 Å². The maximum Gasteiger partial charge on any atom is 0.253 e. The van der Waals surface area contributed by atoms with E-state index < -0.39 is 0 Å². The highest BCUT2D eigenvalue weighted by Gasteiger charge is 2.22. The molecule has 1 aliphatic carbocycles. The van der Waals surface area contributed by atoms with Gasteiger partial charge < -0.3 is 14.6 Å². The standard InChI is InChI=1S/C20H27N3O2/c1-14-11-18(15(2)23(14)17-7-5-4-6-8-17)20(24)22-13-16-9-10-19(25-3)21-12-16/h9-12,17H,4-8,13H2,1-3H3,(H,22,24). The van der Waals surface area contributed by atoms with Crippen molar-refractivity contribution in [1.82, 2.24) is 14.9 Å². The normalized spacial score (nSPS) is 15.2. The van der Waals surface area contributed by atoms with Crippen molar-refractivity contribution in [2.75, 3.05) is 7.11 Å². The highest BCUT2D eigenvalue weighted by atomic mass is 16.5. The van der Waals surface area contributed by atoms with Crippen LogP contribution in [0.15, 0.2) is 24.4 Å². The zero-order valence-corrected chi connectivity index (χ0v) is 15.3. The lowest BCUT2D eigenvalue weighted by Crippen LogP contribution is -2.24. The van der Waals surface area contributed by atoms with Crippen molar-refractivity contribution < 1.29 is 9.53 Å². The predicted octanol–water partition coefficient (Wildman–Crippen LogP) is 3.94. The van der Waals surface area contributed by atoms with Crippen LogP contribution in [0.4, 0.5) is 0 Å². The molecule has 134 valence electrons. The second-order valence-electron chi connectivity index (χ2n) is 6.84. The van der Waals surface area contributed by atoms with Crippen molar-refractivity contribution in [3.63, 3.8) is 0 Å². The molecular formula is C20H27N3O2.